The van der Waals surface area contributed by atoms with Crippen molar-refractivity contribution in [1.82, 2.24) is 14.8 Å². The van der Waals surface area contributed by atoms with Crippen LogP contribution in [0.5, 0.6) is 0 Å². The van der Waals surface area contributed by atoms with Crippen molar-refractivity contribution in [2.45, 2.75) is 13.0 Å². The quantitative estimate of drug-likeness (QED) is 0.821. The predicted molar refractivity (Wildman–Crippen MR) is 71.8 cm³/mol. The second kappa shape index (κ2) is 6.00. The number of nitrogens with zero attached hydrogens (tertiary/aromatic N) is 4. The second-order valence-electron chi connectivity index (χ2n) is 4.49. The van der Waals surface area contributed by atoms with E-state index in [4.69, 9.17) is 16.9 Å². The molecule has 1 aromatic heterocycles. The van der Waals surface area contributed by atoms with Gasteiger partial charge in [0.2, 0.25) is 0 Å². The van der Waals surface area contributed by atoms with Crippen LogP contribution >= 0.6 is 11.6 Å². The van der Waals surface area contributed by atoms with Gasteiger partial charge in [0.25, 0.3) is 5.91 Å². The molecule has 0 aliphatic carbocycles. The SMILES string of the molecule is CC(C#N)N1CCN(C(=O)c2cc(Cl)ccn2)CC1. The average Bonchev–Trinajstić information content (AvgIpc) is 2.46. The number of halogens is 1. The Labute approximate surface area is 117 Å². The standard InChI is InChI=1S/C13H15ClN4O/c1-10(9-15)17-4-6-18(7-5-17)13(19)12-8-11(14)2-3-16-12/h2-3,8,10H,4-7H2,1H3. The van der Waals surface area contributed by atoms with Crippen molar-refractivity contribution in [3.63, 3.8) is 0 Å². The molecule has 1 aliphatic rings. The Kier molecular flexibility index (Phi) is 4.35. The van der Waals surface area contributed by atoms with Crippen LogP contribution in [0.2, 0.25) is 5.02 Å². The molecule has 1 fully saturated rings. The van der Waals surface area contributed by atoms with Crippen LogP contribution in [0.3, 0.4) is 0 Å². The van der Waals surface area contributed by atoms with Gasteiger partial charge in [0.05, 0.1) is 12.1 Å². The van der Waals surface area contributed by atoms with E-state index in [0.717, 1.165) is 0 Å². The average molecular weight is 279 g/mol. The van der Waals surface area contributed by atoms with E-state index < -0.39 is 0 Å². The van der Waals surface area contributed by atoms with Gasteiger partial charge in [-0.2, -0.15) is 5.26 Å². The maximum absolute atomic E-state index is 12.2. The van der Waals surface area contributed by atoms with Crippen molar-refractivity contribution in [2.24, 2.45) is 0 Å². The molecule has 0 saturated carbocycles. The number of piperazine rings is 1. The summed E-state index contributed by atoms with van der Waals surface area (Å²) in [5.74, 6) is -0.105. The van der Waals surface area contributed by atoms with Crippen molar-refractivity contribution in [3.8, 4) is 6.07 Å². The molecule has 0 spiro atoms. The summed E-state index contributed by atoms with van der Waals surface area (Å²) < 4.78 is 0. The molecule has 100 valence electrons. The van der Waals surface area contributed by atoms with E-state index in [-0.39, 0.29) is 11.9 Å². The molecular weight excluding hydrogens is 264 g/mol. The number of hydrogen-bond donors (Lipinski definition) is 0. The zero-order valence-electron chi connectivity index (χ0n) is 10.7. The van der Waals surface area contributed by atoms with Gasteiger partial charge in [0.15, 0.2) is 0 Å². The first-order valence-electron chi connectivity index (χ1n) is 6.16. The number of aromatic nitrogens is 1. The van der Waals surface area contributed by atoms with E-state index in [1.54, 1.807) is 17.0 Å². The normalized spacial score (nSPS) is 17.8. The summed E-state index contributed by atoms with van der Waals surface area (Å²) in [6.45, 7) is 4.51. The molecule has 1 unspecified atom stereocenters. The van der Waals surface area contributed by atoms with Crippen LogP contribution in [-0.2, 0) is 0 Å². The first-order valence-corrected chi connectivity index (χ1v) is 6.54. The molecule has 6 heteroatoms. The summed E-state index contributed by atoms with van der Waals surface area (Å²) in [6.07, 6.45) is 1.53. The first-order chi connectivity index (χ1) is 9.11. The van der Waals surface area contributed by atoms with Gasteiger partial charge in [-0.25, -0.2) is 0 Å². The van der Waals surface area contributed by atoms with E-state index in [0.29, 0.717) is 36.9 Å². The summed E-state index contributed by atoms with van der Waals surface area (Å²) >= 11 is 5.86. The number of amides is 1. The van der Waals surface area contributed by atoms with Gasteiger partial charge in [0, 0.05) is 37.4 Å². The van der Waals surface area contributed by atoms with E-state index >= 15 is 0 Å². The summed E-state index contributed by atoms with van der Waals surface area (Å²) in [7, 11) is 0. The van der Waals surface area contributed by atoms with Crippen molar-refractivity contribution in [2.75, 3.05) is 26.2 Å². The molecule has 0 radical (unpaired) electrons. The maximum atomic E-state index is 12.2. The zero-order valence-corrected chi connectivity index (χ0v) is 11.5. The van der Waals surface area contributed by atoms with Crippen molar-refractivity contribution < 1.29 is 4.79 Å². The number of rotatable bonds is 2. The fourth-order valence-electron chi connectivity index (χ4n) is 2.08. The highest BCUT2D eigenvalue weighted by Gasteiger charge is 2.25. The highest BCUT2D eigenvalue weighted by atomic mass is 35.5. The molecular formula is C13H15ClN4O. The third-order valence-corrected chi connectivity index (χ3v) is 3.51. The Bertz CT molecular complexity index is 506. The fraction of sp³-hybridized carbons (Fsp3) is 0.462. The topological polar surface area (TPSA) is 60.2 Å². The molecule has 1 aromatic rings. The third kappa shape index (κ3) is 3.22. The van der Waals surface area contributed by atoms with Crippen LogP contribution in [0.15, 0.2) is 18.3 Å². The number of pyridine rings is 1. The number of carbonyl (C=O) groups is 1. The van der Waals surface area contributed by atoms with Gasteiger partial charge in [0.1, 0.15) is 5.69 Å². The summed E-state index contributed by atoms with van der Waals surface area (Å²) in [5.41, 5.74) is 0.370. The van der Waals surface area contributed by atoms with E-state index in [9.17, 15) is 4.79 Å². The minimum atomic E-state index is -0.110. The molecule has 0 N–H and O–H groups in total. The Morgan fingerprint density at radius 3 is 2.74 bits per heavy atom. The Hall–Kier alpha value is -1.64. The molecule has 0 aromatic carbocycles. The highest BCUT2D eigenvalue weighted by molar-refractivity contribution is 6.30. The van der Waals surface area contributed by atoms with Crippen molar-refractivity contribution in [1.29, 1.82) is 5.26 Å². The molecule has 1 amide bonds. The van der Waals surface area contributed by atoms with Crippen LogP contribution in [-0.4, -0.2) is 52.9 Å². The van der Waals surface area contributed by atoms with Gasteiger partial charge in [-0.1, -0.05) is 11.6 Å². The summed E-state index contributed by atoms with van der Waals surface area (Å²) in [4.78, 5) is 20.1. The van der Waals surface area contributed by atoms with Gasteiger partial charge in [-0.15, -0.1) is 0 Å². The number of nitriles is 1. The smallest absolute Gasteiger partial charge is 0.272 e. The van der Waals surface area contributed by atoms with E-state index in [2.05, 4.69) is 16.0 Å². The third-order valence-electron chi connectivity index (χ3n) is 3.28. The molecule has 0 bridgehead atoms. The van der Waals surface area contributed by atoms with Crippen molar-refractivity contribution >= 4 is 17.5 Å². The Morgan fingerprint density at radius 2 is 2.16 bits per heavy atom. The zero-order chi connectivity index (χ0) is 13.8. The first kappa shape index (κ1) is 13.8. The monoisotopic (exact) mass is 278 g/mol. The van der Waals surface area contributed by atoms with Crippen LogP contribution < -0.4 is 0 Å². The second-order valence-corrected chi connectivity index (χ2v) is 4.93. The van der Waals surface area contributed by atoms with E-state index in [1.165, 1.54) is 6.20 Å². The van der Waals surface area contributed by atoms with Gasteiger partial charge < -0.3 is 4.90 Å². The lowest BCUT2D eigenvalue weighted by Gasteiger charge is -2.35. The molecule has 1 atom stereocenters. The van der Waals surface area contributed by atoms with Crippen LogP contribution in [0.25, 0.3) is 0 Å². The molecule has 5 nitrogen and oxygen atoms in total. The lowest BCUT2D eigenvalue weighted by Crippen LogP contribution is -2.51. The lowest BCUT2D eigenvalue weighted by atomic mass is 10.2. The predicted octanol–water partition coefficient (Wildman–Crippen LogP) is 1.40. The number of carbonyl (C=O) groups excluding carboxylic acids is 1. The summed E-state index contributed by atoms with van der Waals surface area (Å²) in [5, 5.41) is 9.38. The maximum Gasteiger partial charge on any atom is 0.272 e. The van der Waals surface area contributed by atoms with Crippen LogP contribution in [0.4, 0.5) is 0 Å². The van der Waals surface area contributed by atoms with Gasteiger partial charge in [-0.05, 0) is 19.1 Å². The molecule has 2 heterocycles. The highest BCUT2D eigenvalue weighted by Crippen LogP contribution is 2.12. The minimum Gasteiger partial charge on any atom is -0.335 e. The minimum absolute atomic E-state index is 0.105. The van der Waals surface area contributed by atoms with Crippen LogP contribution in [0, 0.1) is 11.3 Å². The molecule has 19 heavy (non-hydrogen) atoms. The fourth-order valence-corrected chi connectivity index (χ4v) is 2.24. The lowest BCUT2D eigenvalue weighted by molar-refractivity contribution is 0.0610. The Balaban J connectivity index is 1.98. The van der Waals surface area contributed by atoms with Gasteiger partial charge in [-0.3, -0.25) is 14.7 Å². The van der Waals surface area contributed by atoms with Crippen LogP contribution in [0.1, 0.15) is 17.4 Å². The largest absolute Gasteiger partial charge is 0.335 e. The Morgan fingerprint density at radius 1 is 1.47 bits per heavy atom. The molecule has 1 aliphatic heterocycles. The molecule has 2 rings (SSSR count). The number of hydrogen-bond acceptors (Lipinski definition) is 4. The summed E-state index contributed by atoms with van der Waals surface area (Å²) in [6, 6.07) is 5.32. The van der Waals surface area contributed by atoms with E-state index in [1.807, 2.05) is 6.92 Å². The van der Waals surface area contributed by atoms with Gasteiger partial charge >= 0.3 is 0 Å². The van der Waals surface area contributed by atoms with Crippen molar-refractivity contribution in [3.05, 3.63) is 29.0 Å². The molecule has 1 saturated heterocycles.